The average molecular weight is 266 g/mol. The van der Waals surface area contributed by atoms with Crippen molar-refractivity contribution in [3.63, 3.8) is 0 Å². The number of Topliss-reactive ketones (excluding diaryl/α,β-unsaturated/α-hetero) is 1. The second kappa shape index (κ2) is 5.29. The van der Waals surface area contributed by atoms with Gasteiger partial charge in [-0.2, -0.15) is 0 Å². The Bertz CT molecular complexity index is 526. The zero-order valence-corrected chi connectivity index (χ0v) is 11.0. The zero-order valence-electron chi connectivity index (χ0n) is 9.34. The largest absolute Gasteiger partial charge is 0.496 e. The van der Waals surface area contributed by atoms with Crippen LogP contribution in [0.15, 0.2) is 32.9 Å². The van der Waals surface area contributed by atoms with E-state index in [9.17, 15) is 4.79 Å². The number of hydrogen-bond acceptors (Lipinski definition) is 6. The standard InChI is InChI=1S/C11H10N2O2S2/c1-7(14)10-8(15-2)4-3-5-9(10)17-11-13-12-6-16-11/h3-6H,1-2H3. The Morgan fingerprint density at radius 2 is 2.29 bits per heavy atom. The number of carbonyl (C=O) groups excluding carboxylic acids is 1. The van der Waals surface area contributed by atoms with Crippen LogP contribution < -0.4 is 4.74 Å². The fourth-order valence-corrected chi connectivity index (χ4v) is 3.05. The van der Waals surface area contributed by atoms with Gasteiger partial charge in [0.25, 0.3) is 0 Å². The van der Waals surface area contributed by atoms with Crippen molar-refractivity contribution in [2.24, 2.45) is 0 Å². The molecule has 1 aromatic carbocycles. The summed E-state index contributed by atoms with van der Waals surface area (Å²) < 4.78 is 6.01. The van der Waals surface area contributed by atoms with Gasteiger partial charge < -0.3 is 4.74 Å². The van der Waals surface area contributed by atoms with Gasteiger partial charge >= 0.3 is 0 Å². The smallest absolute Gasteiger partial charge is 0.178 e. The molecule has 4 nitrogen and oxygen atoms in total. The van der Waals surface area contributed by atoms with Crippen LogP contribution in [0.5, 0.6) is 5.75 Å². The van der Waals surface area contributed by atoms with Crippen molar-refractivity contribution in [2.75, 3.05) is 7.11 Å². The Labute approximate surface area is 107 Å². The first-order valence-electron chi connectivity index (χ1n) is 4.84. The molecular weight excluding hydrogens is 256 g/mol. The van der Waals surface area contributed by atoms with Crippen LogP contribution in [0.25, 0.3) is 0 Å². The SMILES string of the molecule is COc1cccc(Sc2nncs2)c1C(C)=O. The number of methoxy groups -OCH3 is 1. The number of aromatic nitrogens is 2. The molecular formula is C11H10N2O2S2. The van der Waals surface area contributed by atoms with Gasteiger partial charge in [0.15, 0.2) is 10.1 Å². The van der Waals surface area contributed by atoms with Crippen LogP contribution in [-0.2, 0) is 0 Å². The molecule has 6 heteroatoms. The van der Waals surface area contributed by atoms with Crippen LogP contribution >= 0.6 is 23.1 Å². The first kappa shape index (κ1) is 12.1. The number of carbonyl (C=O) groups is 1. The minimum absolute atomic E-state index is 0.0190. The van der Waals surface area contributed by atoms with Crippen LogP contribution in [0.3, 0.4) is 0 Å². The fraction of sp³-hybridized carbons (Fsp3) is 0.182. The Hall–Kier alpha value is -1.40. The molecule has 1 heterocycles. The summed E-state index contributed by atoms with van der Waals surface area (Å²) >= 11 is 2.86. The Morgan fingerprint density at radius 3 is 2.88 bits per heavy atom. The lowest BCUT2D eigenvalue weighted by atomic mass is 10.1. The van der Waals surface area contributed by atoms with Crippen LogP contribution in [0.4, 0.5) is 0 Å². The lowest BCUT2D eigenvalue weighted by Crippen LogP contribution is -1.99. The van der Waals surface area contributed by atoms with Gasteiger partial charge in [0.2, 0.25) is 0 Å². The molecule has 0 aliphatic rings. The lowest BCUT2D eigenvalue weighted by Gasteiger charge is -2.09. The van der Waals surface area contributed by atoms with Gasteiger partial charge in [0.05, 0.1) is 12.7 Å². The fourth-order valence-electron chi connectivity index (χ4n) is 1.41. The number of hydrogen-bond donors (Lipinski definition) is 0. The van der Waals surface area contributed by atoms with E-state index in [1.54, 1.807) is 18.7 Å². The molecule has 2 rings (SSSR count). The maximum absolute atomic E-state index is 11.6. The van der Waals surface area contributed by atoms with E-state index in [1.165, 1.54) is 30.0 Å². The summed E-state index contributed by atoms with van der Waals surface area (Å²) in [6.45, 7) is 1.53. The van der Waals surface area contributed by atoms with Gasteiger partial charge in [-0.3, -0.25) is 4.79 Å². The van der Waals surface area contributed by atoms with Crippen molar-refractivity contribution in [1.29, 1.82) is 0 Å². The molecule has 0 amide bonds. The minimum atomic E-state index is -0.0190. The molecule has 0 N–H and O–H groups in total. The van der Waals surface area contributed by atoms with Crippen molar-refractivity contribution in [3.8, 4) is 5.75 Å². The predicted octanol–water partition coefficient (Wildman–Crippen LogP) is 2.90. The molecule has 0 spiro atoms. The van der Waals surface area contributed by atoms with Gasteiger partial charge in [-0.25, -0.2) is 0 Å². The third kappa shape index (κ3) is 2.65. The molecule has 0 saturated heterocycles. The zero-order chi connectivity index (χ0) is 12.3. The highest BCUT2D eigenvalue weighted by Gasteiger charge is 2.15. The number of rotatable bonds is 4. The quantitative estimate of drug-likeness (QED) is 0.796. The summed E-state index contributed by atoms with van der Waals surface area (Å²) in [6.07, 6.45) is 0. The highest BCUT2D eigenvalue weighted by Crippen LogP contribution is 2.35. The topological polar surface area (TPSA) is 52.1 Å². The van der Waals surface area contributed by atoms with Gasteiger partial charge in [0.1, 0.15) is 11.3 Å². The highest BCUT2D eigenvalue weighted by molar-refractivity contribution is 8.01. The van der Waals surface area contributed by atoms with Crippen molar-refractivity contribution >= 4 is 28.9 Å². The van der Waals surface area contributed by atoms with Crippen molar-refractivity contribution in [1.82, 2.24) is 10.2 Å². The maximum Gasteiger partial charge on any atom is 0.178 e. The number of benzene rings is 1. The molecule has 0 unspecified atom stereocenters. The molecule has 0 fully saturated rings. The summed E-state index contributed by atoms with van der Waals surface area (Å²) in [4.78, 5) is 12.5. The highest BCUT2D eigenvalue weighted by atomic mass is 32.2. The summed E-state index contributed by atoms with van der Waals surface area (Å²) in [5.74, 6) is 0.571. The third-order valence-electron chi connectivity index (χ3n) is 2.10. The molecule has 1 aromatic heterocycles. The van der Waals surface area contributed by atoms with Crippen LogP contribution in [0, 0.1) is 0 Å². The number of nitrogens with zero attached hydrogens (tertiary/aromatic N) is 2. The molecule has 2 aromatic rings. The van der Waals surface area contributed by atoms with Gasteiger partial charge in [0, 0.05) is 4.90 Å². The second-order valence-corrected chi connectivity index (χ2v) is 5.32. The maximum atomic E-state index is 11.6. The van der Waals surface area contributed by atoms with Crippen molar-refractivity contribution in [3.05, 3.63) is 29.3 Å². The van der Waals surface area contributed by atoms with Gasteiger partial charge in [-0.15, -0.1) is 10.2 Å². The van der Waals surface area contributed by atoms with E-state index in [0.29, 0.717) is 11.3 Å². The molecule has 0 aliphatic carbocycles. The van der Waals surface area contributed by atoms with Crippen molar-refractivity contribution < 1.29 is 9.53 Å². The van der Waals surface area contributed by atoms with Crippen LogP contribution in [0.2, 0.25) is 0 Å². The molecule has 0 atom stereocenters. The molecule has 0 aliphatic heterocycles. The van der Waals surface area contributed by atoms with Crippen LogP contribution in [0.1, 0.15) is 17.3 Å². The first-order chi connectivity index (χ1) is 8.22. The number of ether oxygens (including phenoxy) is 1. The van der Waals surface area contributed by atoms with E-state index in [-0.39, 0.29) is 5.78 Å². The first-order valence-corrected chi connectivity index (χ1v) is 6.54. The molecule has 0 bridgehead atoms. The third-order valence-corrected chi connectivity index (χ3v) is 3.94. The van der Waals surface area contributed by atoms with E-state index in [2.05, 4.69) is 10.2 Å². The predicted molar refractivity (Wildman–Crippen MR) is 67.0 cm³/mol. The normalized spacial score (nSPS) is 10.2. The average Bonchev–Trinajstić information content (AvgIpc) is 2.81. The van der Waals surface area contributed by atoms with Gasteiger partial charge in [-0.05, 0) is 19.1 Å². The minimum Gasteiger partial charge on any atom is -0.496 e. The van der Waals surface area contributed by atoms with E-state index in [4.69, 9.17) is 4.74 Å². The molecule has 88 valence electrons. The Kier molecular flexibility index (Phi) is 3.75. The van der Waals surface area contributed by atoms with Gasteiger partial charge in [-0.1, -0.05) is 29.2 Å². The van der Waals surface area contributed by atoms with E-state index >= 15 is 0 Å². The summed E-state index contributed by atoms with van der Waals surface area (Å²) in [5, 5.41) is 7.71. The lowest BCUT2D eigenvalue weighted by molar-refractivity contribution is 0.101. The van der Waals surface area contributed by atoms with E-state index in [1.807, 2.05) is 12.1 Å². The Balaban J connectivity index is 2.42. The molecule has 17 heavy (non-hydrogen) atoms. The summed E-state index contributed by atoms with van der Waals surface area (Å²) in [6, 6.07) is 5.51. The summed E-state index contributed by atoms with van der Waals surface area (Å²) in [5.41, 5.74) is 2.26. The monoisotopic (exact) mass is 266 g/mol. The van der Waals surface area contributed by atoms with E-state index in [0.717, 1.165) is 9.24 Å². The second-order valence-electron chi connectivity index (χ2n) is 3.20. The van der Waals surface area contributed by atoms with Crippen molar-refractivity contribution in [2.45, 2.75) is 16.2 Å². The summed E-state index contributed by atoms with van der Waals surface area (Å²) in [7, 11) is 1.56. The number of ketones is 1. The van der Waals surface area contributed by atoms with E-state index < -0.39 is 0 Å². The molecule has 0 radical (unpaired) electrons. The Morgan fingerprint density at radius 1 is 1.47 bits per heavy atom. The van der Waals surface area contributed by atoms with Crippen LogP contribution in [-0.4, -0.2) is 23.1 Å². The molecule has 0 saturated carbocycles.